The van der Waals surface area contributed by atoms with Crippen LogP contribution in [0.4, 0.5) is 10.1 Å². The highest BCUT2D eigenvalue weighted by Crippen LogP contribution is 2.33. The summed E-state index contributed by atoms with van der Waals surface area (Å²) in [6.07, 6.45) is 8.95. The molecule has 40 heavy (non-hydrogen) atoms. The summed E-state index contributed by atoms with van der Waals surface area (Å²) in [5, 5.41) is 11.0. The molecule has 10 nitrogen and oxygen atoms in total. The number of benzene rings is 1. The predicted octanol–water partition coefficient (Wildman–Crippen LogP) is 5.90. The van der Waals surface area contributed by atoms with Crippen LogP contribution in [-0.4, -0.2) is 48.1 Å². The van der Waals surface area contributed by atoms with Crippen molar-refractivity contribution in [2.75, 3.05) is 12.4 Å². The van der Waals surface area contributed by atoms with Gasteiger partial charge in [0.05, 0.1) is 35.6 Å². The zero-order valence-corrected chi connectivity index (χ0v) is 21.8. The third-order valence-electron chi connectivity index (χ3n) is 6.54. The molecule has 0 unspecified atom stereocenters. The van der Waals surface area contributed by atoms with Crippen molar-refractivity contribution < 1.29 is 13.9 Å². The number of aromatic amines is 2. The van der Waals surface area contributed by atoms with E-state index in [-0.39, 0.29) is 5.91 Å². The number of carbonyl (C=O) groups excluding carboxylic acids is 1. The Hall–Kier alpha value is -5.19. The molecule has 0 saturated carbocycles. The summed E-state index contributed by atoms with van der Waals surface area (Å²) in [4.78, 5) is 33.6. The van der Waals surface area contributed by atoms with Crippen molar-refractivity contribution in [1.29, 1.82) is 0 Å². The smallest absolute Gasteiger partial charge is 0.224 e. The van der Waals surface area contributed by atoms with E-state index in [1.54, 1.807) is 36.9 Å². The molecule has 0 radical (unpaired) electrons. The molecule has 6 rings (SSSR count). The molecule has 6 aromatic rings. The maximum Gasteiger partial charge on any atom is 0.224 e. The average molecular weight is 537 g/mol. The monoisotopic (exact) mass is 536 g/mol. The minimum Gasteiger partial charge on any atom is -0.497 e. The number of amides is 1. The highest BCUT2D eigenvalue weighted by Gasteiger charge is 2.17. The molecule has 1 aromatic carbocycles. The van der Waals surface area contributed by atoms with Gasteiger partial charge in [-0.05, 0) is 36.8 Å². The third-order valence-corrected chi connectivity index (χ3v) is 6.54. The van der Waals surface area contributed by atoms with Crippen molar-refractivity contribution >= 4 is 33.7 Å². The molecule has 0 aliphatic carbocycles. The first-order valence-electron chi connectivity index (χ1n) is 12.8. The van der Waals surface area contributed by atoms with Crippen molar-refractivity contribution in [2.24, 2.45) is 0 Å². The number of anilines is 1. The summed E-state index contributed by atoms with van der Waals surface area (Å²) >= 11 is 0. The number of H-pyrrole nitrogens is 2. The fraction of sp³-hybridized carbons (Fsp3) is 0.172. The number of carbonyl (C=O) groups is 1. The number of methoxy groups -OCH3 is 1. The topological polar surface area (TPSA) is 134 Å². The maximum absolute atomic E-state index is 14.2. The van der Waals surface area contributed by atoms with Gasteiger partial charge in [0.2, 0.25) is 5.91 Å². The molecule has 5 heterocycles. The number of halogens is 1. The number of aromatic nitrogens is 7. The molecule has 0 spiro atoms. The summed E-state index contributed by atoms with van der Waals surface area (Å²) in [5.74, 6) is 0.453. The van der Waals surface area contributed by atoms with Crippen molar-refractivity contribution in [2.45, 2.75) is 26.2 Å². The van der Waals surface area contributed by atoms with Gasteiger partial charge in [0.25, 0.3) is 0 Å². The third kappa shape index (κ3) is 4.84. The van der Waals surface area contributed by atoms with Gasteiger partial charge in [0, 0.05) is 47.8 Å². The molecule has 0 aliphatic heterocycles. The van der Waals surface area contributed by atoms with Gasteiger partial charge < -0.3 is 15.0 Å². The second-order valence-electron chi connectivity index (χ2n) is 9.33. The van der Waals surface area contributed by atoms with E-state index in [4.69, 9.17) is 9.72 Å². The lowest BCUT2D eigenvalue weighted by atomic mass is 10.1. The Kier molecular flexibility index (Phi) is 6.61. The van der Waals surface area contributed by atoms with Crippen LogP contribution in [0.3, 0.4) is 0 Å². The number of nitrogens with one attached hydrogen (secondary N) is 3. The molecule has 0 atom stereocenters. The van der Waals surface area contributed by atoms with E-state index >= 15 is 0 Å². The molecule has 1 amide bonds. The molecule has 0 fully saturated rings. The van der Waals surface area contributed by atoms with E-state index in [0.717, 1.165) is 34.9 Å². The van der Waals surface area contributed by atoms with Gasteiger partial charge in [-0.3, -0.25) is 19.9 Å². The number of imidazole rings is 1. The van der Waals surface area contributed by atoms with Gasteiger partial charge in [0.15, 0.2) is 11.5 Å². The number of hydrogen-bond donors (Lipinski definition) is 3. The molecule has 0 aliphatic rings. The Morgan fingerprint density at radius 1 is 1.05 bits per heavy atom. The first-order chi connectivity index (χ1) is 19.5. The molecule has 11 heteroatoms. The summed E-state index contributed by atoms with van der Waals surface area (Å²) in [5.41, 5.74) is 5.75. The lowest BCUT2D eigenvalue weighted by molar-refractivity contribution is -0.116. The minimum atomic E-state index is -0.429. The van der Waals surface area contributed by atoms with Gasteiger partial charge >= 0.3 is 0 Å². The molecule has 0 bridgehead atoms. The van der Waals surface area contributed by atoms with Crippen molar-refractivity contribution in [1.82, 2.24) is 35.1 Å². The molecule has 0 saturated heterocycles. The Bertz CT molecular complexity index is 1860. The number of ether oxygens (including phenoxy) is 1. The van der Waals surface area contributed by atoms with E-state index in [1.807, 2.05) is 19.1 Å². The van der Waals surface area contributed by atoms with E-state index in [0.29, 0.717) is 51.8 Å². The number of hydrogen-bond acceptors (Lipinski definition) is 7. The van der Waals surface area contributed by atoms with Crippen LogP contribution >= 0.6 is 0 Å². The largest absolute Gasteiger partial charge is 0.497 e. The average Bonchev–Trinajstić information content (AvgIpc) is 3.59. The second-order valence-corrected chi connectivity index (χ2v) is 9.33. The Balaban J connectivity index is 1.38. The zero-order chi connectivity index (χ0) is 27.6. The standard InChI is InChI=1S/C29H25FN8O2/c1-3-4-5-24(39)34-20-9-17(13-31-15-20)18-11-22-26(37-38-28(22)33-14-18)29-35-23-6-7-32-25(27(23)36-29)16-8-19(30)12-21(10-16)40-2/h6-15H,3-5H2,1-2H3,(H,34,39)(H,35,36)(H,33,37,38). The van der Waals surface area contributed by atoms with Gasteiger partial charge in [-0.25, -0.2) is 14.4 Å². The van der Waals surface area contributed by atoms with E-state index in [1.165, 1.54) is 19.2 Å². The molecule has 200 valence electrons. The fourth-order valence-electron chi connectivity index (χ4n) is 4.55. The van der Waals surface area contributed by atoms with Crippen LogP contribution < -0.4 is 10.1 Å². The first kappa shape index (κ1) is 25.1. The Labute approximate surface area is 228 Å². The summed E-state index contributed by atoms with van der Waals surface area (Å²) < 4.78 is 19.5. The van der Waals surface area contributed by atoms with Crippen molar-refractivity contribution in [3.8, 4) is 39.7 Å². The zero-order valence-electron chi connectivity index (χ0n) is 21.8. The van der Waals surface area contributed by atoms with Crippen LogP contribution in [0, 0.1) is 5.82 Å². The SMILES string of the molecule is CCCCC(=O)Nc1cncc(-c2cnc3n[nH]c(-c4nc5c(-c6cc(F)cc(OC)c6)nccc5[nH]4)c3c2)c1. The van der Waals surface area contributed by atoms with Crippen molar-refractivity contribution in [3.05, 3.63) is 67.0 Å². The lowest BCUT2D eigenvalue weighted by Gasteiger charge is -2.07. The Morgan fingerprint density at radius 3 is 2.77 bits per heavy atom. The maximum atomic E-state index is 14.2. The highest BCUT2D eigenvalue weighted by molar-refractivity contribution is 5.96. The van der Waals surface area contributed by atoms with Crippen LogP contribution in [-0.2, 0) is 4.79 Å². The summed E-state index contributed by atoms with van der Waals surface area (Å²) in [6, 6.07) is 10.0. The van der Waals surface area contributed by atoms with Crippen LogP contribution in [0.15, 0.2) is 61.2 Å². The lowest BCUT2D eigenvalue weighted by Crippen LogP contribution is -2.11. The number of unbranched alkanes of at least 4 members (excludes halogenated alkanes) is 1. The van der Waals surface area contributed by atoms with Gasteiger partial charge in [-0.1, -0.05) is 13.3 Å². The molecule has 5 aromatic heterocycles. The number of rotatable bonds is 8. The normalized spacial score (nSPS) is 11.3. The molecular weight excluding hydrogens is 511 g/mol. The quantitative estimate of drug-likeness (QED) is 0.220. The van der Waals surface area contributed by atoms with Crippen LogP contribution in [0.1, 0.15) is 26.2 Å². The summed E-state index contributed by atoms with van der Waals surface area (Å²) in [7, 11) is 1.49. The highest BCUT2D eigenvalue weighted by atomic mass is 19.1. The van der Waals surface area contributed by atoms with E-state index in [2.05, 4.69) is 35.5 Å². The van der Waals surface area contributed by atoms with Gasteiger partial charge in [-0.15, -0.1) is 0 Å². The van der Waals surface area contributed by atoms with Crippen LogP contribution in [0.5, 0.6) is 5.75 Å². The Morgan fingerprint density at radius 2 is 1.93 bits per heavy atom. The van der Waals surface area contributed by atoms with E-state index in [9.17, 15) is 9.18 Å². The second kappa shape index (κ2) is 10.5. The molecule has 3 N–H and O–H groups in total. The number of fused-ring (bicyclic) bond motifs is 2. The first-order valence-corrected chi connectivity index (χ1v) is 12.8. The summed E-state index contributed by atoms with van der Waals surface area (Å²) in [6.45, 7) is 2.05. The molecular formula is C29H25FN8O2. The van der Waals surface area contributed by atoms with Gasteiger partial charge in [-0.2, -0.15) is 5.10 Å². The fourth-order valence-corrected chi connectivity index (χ4v) is 4.55. The number of pyridine rings is 3. The van der Waals surface area contributed by atoms with Crippen LogP contribution in [0.2, 0.25) is 0 Å². The van der Waals surface area contributed by atoms with E-state index < -0.39 is 5.82 Å². The van der Waals surface area contributed by atoms with Crippen molar-refractivity contribution in [3.63, 3.8) is 0 Å². The van der Waals surface area contributed by atoms with Gasteiger partial charge in [0.1, 0.15) is 22.8 Å². The minimum absolute atomic E-state index is 0.0399. The predicted molar refractivity (Wildman–Crippen MR) is 150 cm³/mol. The van der Waals surface area contributed by atoms with Crippen LogP contribution in [0.25, 0.3) is 56.0 Å². The number of nitrogens with zero attached hydrogens (tertiary/aromatic N) is 5.